The highest BCUT2D eigenvalue weighted by molar-refractivity contribution is 8.00. The van der Waals surface area contributed by atoms with Gasteiger partial charge in [0, 0.05) is 42.3 Å². The monoisotopic (exact) mass is 412 g/mol. The molecule has 10 heteroatoms. The van der Waals surface area contributed by atoms with E-state index in [1.54, 1.807) is 19.3 Å². The Morgan fingerprint density at radius 2 is 1.90 bits per heavy atom. The van der Waals surface area contributed by atoms with Crippen LogP contribution >= 0.6 is 11.8 Å². The van der Waals surface area contributed by atoms with E-state index in [1.807, 2.05) is 16.7 Å². The first-order valence-electron chi connectivity index (χ1n) is 9.05. The largest absolute Gasteiger partial charge is 0.325 e. The molecule has 150 valence electrons. The summed E-state index contributed by atoms with van der Waals surface area (Å²) in [6.07, 6.45) is 4.30. The second-order valence-electron chi connectivity index (χ2n) is 6.25. The lowest BCUT2D eigenvalue weighted by atomic mass is 10.2. The van der Waals surface area contributed by atoms with Crippen molar-refractivity contribution in [1.29, 1.82) is 0 Å². The van der Waals surface area contributed by atoms with Crippen LogP contribution in [0.3, 0.4) is 0 Å². The van der Waals surface area contributed by atoms with Crippen molar-refractivity contribution in [2.24, 2.45) is 0 Å². The molecule has 2 aromatic heterocycles. The van der Waals surface area contributed by atoms with Crippen LogP contribution in [0.2, 0.25) is 0 Å². The summed E-state index contributed by atoms with van der Waals surface area (Å²) >= 11 is 1.31. The van der Waals surface area contributed by atoms with Crippen molar-refractivity contribution >= 4 is 29.0 Å². The van der Waals surface area contributed by atoms with E-state index in [0.717, 1.165) is 24.4 Å². The van der Waals surface area contributed by atoms with E-state index in [4.69, 9.17) is 0 Å². The molecule has 0 spiro atoms. The summed E-state index contributed by atoms with van der Waals surface area (Å²) in [7, 11) is 0. The number of pyridine rings is 1. The standard InChI is InChI=1S/C19H20N6O3S/c1-3-12-24-17(14-8-10-20-11-9-14)22-23-19(24)29-13(2)18(26)21-15-4-6-16(7-5-15)25(27)28/h4-11,13H,3,12H2,1-2H3,(H,21,26). The number of rotatable bonds is 8. The number of nitro benzene ring substituents is 1. The topological polar surface area (TPSA) is 116 Å². The Labute approximate surface area is 171 Å². The number of nitro groups is 1. The molecule has 1 amide bonds. The average molecular weight is 412 g/mol. The van der Waals surface area contributed by atoms with Gasteiger partial charge in [0.2, 0.25) is 5.91 Å². The van der Waals surface area contributed by atoms with Gasteiger partial charge in [0.05, 0.1) is 10.2 Å². The molecule has 1 aromatic carbocycles. The molecule has 29 heavy (non-hydrogen) atoms. The highest BCUT2D eigenvalue weighted by atomic mass is 32.2. The van der Waals surface area contributed by atoms with Gasteiger partial charge in [0.25, 0.3) is 5.69 Å². The third kappa shape index (κ3) is 4.96. The molecule has 1 atom stereocenters. The lowest BCUT2D eigenvalue weighted by molar-refractivity contribution is -0.384. The van der Waals surface area contributed by atoms with Crippen LogP contribution in [0.25, 0.3) is 11.4 Å². The number of anilines is 1. The van der Waals surface area contributed by atoms with Crippen LogP contribution in [0.15, 0.2) is 53.9 Å². The smallest absolute Gasteiger partial charge is 0.269 e. The molecule has 2 heterocycles. The zero-order valence-electron chi connectivity index (χ0n) is 16.0. The molecule has 0 fully saturated rings. The van der Waals surface area contributed by atoms with E-state index >= 15 is 0 Å². The molecule has 0 saturated carbocycles. The van der Waals surface area contributed by atoms with Crippen molar-refractivity contribution in [2.45, 2.75) is 37.2 Å². The lowest BCUT2D eigenvalue weighted by Gasteiger charge is -2.13. The molecule has 1 unspecified atom stereocenters. The van der Waals surface area contributed by atoms with Crippen LogP contribution in [0, 0.1) is 10.1 Å². The van der Waals surface area contributed by atoms with E-state index in [2.05, 4.69) is 27.4 Å². The van der Waals surface area contributed by atoms with E-state index in [0.29, 0.717) is 10.8 Å². The molecule has 0 radical (unpaired) electrons. The number of amides is 1. The first-order valence-corrected chi connectivity index (χ1v) is 9.93. The lowest BCUT2D eigenvalue weighted by Crippen LogP contribution is -2.23. The van der Waals surface area contributed by atoms with Gasteiger partial charge in [0.15, 0.2) is 11.0 Å². The Balaban J connectivity index is 1.72. The van der Waals surface area contributed by atoms with Crippen molar-refractivity contribution in [3.8, 4) is 11.4 Å². The fourth-order valence-corrected chi connectivity index (χ4v) is 3.51. The quantitative estimate of drug-likeness (QED) is 0.340. The number of thioether (sulfide) groups is 1. The molecular weight excluding hydrogens is 392 g/mol. The maximum Gasteiger partial charge on any atom is 0.269 e. The number of non-ortho nitro benzene ring substituents is 1. The summed E-state index contributed by atoms with van der Waals surface area (Å²) in [4.78, 5) is 26.8. The van der Waals surface area contributed by atoms with E-state index in [9.17, 15) is 14.9 Å². The number of nitrogens with one attached hydrogen (secondary N) is 1. The first kappa shape index (κ1) is 20.5. The van der Waals surface area contributed by atoms with E-state index < -0.39 is 10.2 Å². The normalized spacial score (nSPS) is 11.8. The minimum Gasteiger partial charge on any atom is -0.325 e. The van der Waals surface area contributed by atoms with Gasteiger partial charge in [-0.25, -0.2) is 0 Å². The van der Waals surface area contributed by atoms with Crippen LogP contribution < -0.4 is 5.32 Å². The van der Waals surface area contributed by atoms with Gasteiger partial charge < -0.3 is 9.88 Å². The number of hydrogen-bond donors (Lipinski definition) is 1. The van der Waals surface area contributed by atoms with Crippen LogP contribution in [0.4, 0.5) is 11.4 Å². The SMILES string of the molecule is CCCn1c(SC(C)C(=O)Nc2ccc([N+](=O)[O-])cc2)nnc1-c1ccncc1. The number of benzene rings is 1. The van der Waals surface area contributed by atoms with Crippen molar-refractivity contribution < 1.29 is 9.72 Å². The van der Waals surface area contributed by atoms with Crippen molar-refractivity contribution in [3.05, 3.63) is 58.9 Å². The summed E-state index contributed by atoms with van der Waals surface area (Å²) < 4.78 is 2.00. The fourth-order valence-electron chi connectivity index (χ4n) is 2.64. The number of hydrogen-bond acceptors (Lipinski definition) is 7. The number of carbonyl (C=O) groups is 1. The molecule has 1 N–H and O–H groups in total. The van der Waals surface area contributed by atoms with Gasteiger partial charge >= 0.3 is 0 Å². The number of carbonyl (C=O) groups excluding carboxylic acids is 1. The summed E-state index contributed by atoms with van der Waals surface area (Å²) in [5.41, 5.74) is 1.39. The molecule has 0 bridgehead atoms. The van der Waals surface area contributed by atoms with Crippen LogP contribution in [-0.4, -0.2) is 35.8 Å². The van der Waals surface area contributed by atoms with Gasteiger partial charge in [-0.3, -0.25) is 19.9 Å². The molecule has 0 aliphatic heterocycles. The second-order valence-corrected chi connectivity index (χ2v) is 7.55. The Bertz CT molecular complexity index is 991. The minimum atomic E-state index is -0.481. The minimum absolute atomic E-state index is 0.0262. The second kappa shape index (κ2) is 9.28. The zero-order valence-corrected chi connectivity index (χ0v) is 16.8. The Morgan fingerprint density at radius 1 is 1.21 bits per heavy atom. The van der Waals surface area contributed by atoms with Crippen LogP contribution in [0.5, 0.6) is 0 Å². The van der Waals surface area contributed by atoms with Crippen molar-refractivity contribution in [1.82, 2.24) is 19.7 Å². The van der Waals surface area contributed by atoms with Crippen LogP contribution in [0.1, 0.15) is 20.3 Å². The molecule has 0 aliphatic rings. The zero-order chi connectivity index (χ0) is 20.8. The fraction of sp³-hybridized carbons (Fsp3) is 0.263. The molecule has 0 saturated heterocycles. The predicted molar refractivity (Wildman–Crippen MR) is 111 cm³/mol. The summed E-state index contributed by atoms with van der Waals surface area (Å²) in [6.45, 7) is 4.57. The van der Waals surface area contributed by atoms with Gasteiger partial charge in [-0.15, -0.1) is 10.2 Å². The van der Waals surface area contributed by atoms with E-state index in [-0.39, 0.29) is 11.6 Å². The third-order valence-electron chi connectivity index (χ3n) is 4.10. The third-order valence-corrected chi connectivity index (χ3v) is 5.18. The highest BCUT2D eigenvalue weighted by Crippen LogP contribution is 2.27. The maximum absolute atomic E-state index is 12.6. The molecular formula is C19H20N6O3S. The molecule has 3 rings (SSSR count). The van der Waals surface area contributed by atoms with Gasteiger partial charge in [-0.1, -0.05) is 18.7 Å². The van der Waals surface area contributed by atoms with Crippen molar-refractivity contribution in [2.75, 3.05) is 5.32 Å². The van der Waals surface area contributed by atoms with Gasteiger partial charge in [-0.2, -0.15) is 0 Å². The Hall–Kier alpha value is -3.27. The summed E-state index contributed by atoms with van der Waals surface area (Å²) in [6, 6.07) is 9.46. The maximum atomic E-state index is 12.6. The van der Waals surface area contributed by atoms with Gasteiger partial charge in [0.1, 0.15) is 0 Å². The molecule has 0 aliphatic carbocycles. The number of aromatic nitrogens is 4. The average Bonchev–Trinajstić information content (AvgIpc) is 3.11. The van der Waals surface area contributed by atoms with Crippen LogP contribution in [-0.2, 0) is 11.3 Å². The Morgan fingerprint density at radius 3 is 2.52 bits per heavy atom. The number of nitrogens with zero attached hydrogens (tertiary/aromatic N) is 5. The van der Waals surface area contributed by atoms with Gasteiger partial charge in [-0.05, 0) is 37.6 Å². The highest BCUT2D eigenvalue weighted by Gasteiger charge is 2.21. The summed E-state index contributed by atoms with van der Waals surface area (Å²) in [5, 5.41) is 22.3. The van der Waals surface area contributed by atoms with Crippen molar-refractivity contribution in [3.63, 3.8) is 0 Å². The Kier molecular flexibility index (Phi) is 6.55. The predicted octanol–water partition coefficient (Wildman–Crippen LogP) is 3.78. The van der Waals surface area contributed by atoms with E-state index in [1.165, 1.54) is 36.0 Å². The summed E-state index contributed by atoms with van der Waals surface area (Å²) in [5.74, 6) is 0.514. The molecule has 3 aromatic rings. The molecule has 9 nitrogen and oxygen atoms in total. The first-order chi connectivity index (χ1) is 14.0.